The van der Waals surface area contributed by atoms with E-state index >= 15 is 0 Å². The van der Waals surface area contributed by atoms with Gasteiger partial charge >= 0.3 is 0 Å². The van der Waals surface area contributed by atoms with E-state index in [1.54, 1.807) is 12.4 Å². The van der Waals surface area contributed by atoms with Crippen LogP contribution in [0.4, 0.5) is 5.82 Å². The second kappa shape index (κ2) is 7.62. The molecule has 0 saturated carbocycles. The van der Waals surface area contributed by atoms with Gasteiger partial charge in [-0.1, -0.05) is 24.3 Å². The predicted molar refractivity (Wildman–Crippen MR) is 111 cm³/mol. The molecule has 3 aromatic heterocycles. The molecular formula is C22H21N5O2. The van der Waals surface area contributed by atoms with Crippen LogP contribution in [0.3, 0.4) is 0 Å². The van der Waals surface area contributed by atoms with E-state index in [0.29, 0.717) is 28.5 Å². The van der Waals surface area contributed by atoms with Crippen LogP contribution in [0, 0.1) is 0 Å². The average Bonchev–Trinajstić information content (AvgIpc) is 3.19. The fourth-order valence-electron chi connectivity index (χ4n) is 3.51. The first-order chi connectivity index (χ1) is 14.3. The molecule has 1 aliphatic heterocycles. The molecule has 1 aromatic carbocycles. The third-order valence-corrected chi connectivity index (χ3v) is 5.11. The van der Waals surface area contributed by atoms with Crippen LogP contribution in [0.5, 0.6) is 0 Å². The third-order valence-electron chi connectivity index (χ3n) is 5.11. The lowest BCUT2D eigenvalue weighted by Gasteiger charge is -2.26. The maximum atomic E-state index is 6.10. The van der Waals surface area contributed by atoms with Crippen molar-refractivity contribution in [3.8, 4) is 22.6 Å². The summed E-state index contributed by atoms with van der Waals surface area (Å²) in [6, 6.07) is 14.2. The van der Waals surface area contributed by atoms with E-state index in [2.05, 4.69) is 44.1 Å². The number of benzene rings is 1. The van der Waals surface area contributed by atoms with Gasteiger partial charge in [0.15, 0.2) is 0 Å². The quantitative estimate of drug-likeness (QED) is 0.574. The van der Waals surface area contributed by atoms with Crippen molar-refractivity contribution >= 4 is 17.0 Å². The van der Waals surface area contributed by atoms with E-state index in [1.165, 1.54) is 5.56 Å². The predicted octanol–water partition coefficient (Wildman–Crippen LogP) is 3.37. The number of nitrogens with two attached hydrogens (primary N) is 1. The van der Waals surface area contributed by atoms with Crippen LogP contribution in [0.15, 0.2) is 59.3 Å². The van der Waals surface area contributed by atoms with Crippen LogP contribution in [-0.2, 0) is 11.3 Å². The molecule has 1 aliphatic rings. The summed E-state index contributed by atoms with van der Waals surface area (Å²) in [6.07, 6.45) is 3.45. The van der Waals surface area contributed by atoms with Crippen LogP contribution in [0.25, 0.3) is 33.8 Å². The van der Waals surface area contributed by atoms with Gasteiger partial charge in [-0.3, -0.25) is 4.90 Å². The highest BCUT2D eigenvalue weighted by Gasteiger charge is 2.15. The Morgan fingerprint density at radius 3 is 2.62 bits per heavy atom. The number of oxazole rings is 1. The smallest absolute Gasteiger partial charge is 0.247 e. The standard InChI is InChI=1S/C22H21N5O2/c23-20-18(21-26-19-2-1-7-24-22(19)29-21)12-17(13-25-20)16-5-3-15(4-6-16)14-27-8-10-28-11-9-27/h1-7,12-13H,8-11,14H2,(H2,23,25). The Balaban J connectivity index is 1.41. The Bertz CT molecular complexity index is 1100. The molecule has 0 spiro atoms. The van der Waals surface area contributed by atoms with Crippen molar-refractivity contribution in [3.63, 3.8) is 0 Å². The summed E-state index contributed by atoms with van der Waals surface area (Å²) >= 11 is 0. The molecule has 0 radical (unpaired) electrons. The van der Waals surface area contributed by atoms with Crippen molar-refractivity contribution < 1.29 is 9.15 Å². The highest BCUT2D eigenvalue weighted by molar-refractivity contribution is 5.79. The van der Waals surface area contributed by atoms with E-state index in [9.17, 15) is 0 Å². The number of aromatic nitrogens is 3. The summed E-state index contributed by atoms with van der Waals surface area (Å²) in [6.45, 7) is 4.51. The lowest BCUT2D eigenvalue weighted by Crippen LogP contribution is -2.35. The molecule has 0 aliphatic carbocycles. The third kappa shape index (κ3) is 3.70. The van der Waals surface area contributed by atoms with Gasteiger partial charge in [0.1, 0.15) is 11.3 Å². The molecule has 29 heavy (non-hydrogen) atoms. The molecule has 4 aromatic rings. The molecule has 0 amide bonds. The number of pyridine rings is 2. The Hall–Kier alpha value is -3.29. The van der Waals surface area contributed by atoms with Crippen LogP contribution in [0.1, 0.15) is 5.56 Å². The highest BCUT2D eigenvalue weighted by Crippen LogP contribution is 2.31. The Morgan fingerprint density at radius 2 is 1.83 bits per heavy atom. The van der Waals surface area contributed by atoms with E-state index in [1.807, 2.05) is 18.2 Å². The maximum absolute atomic E-state index is 6.10. The van der Waals surface area contributed by atoms with Gasteiger partial charge in [-0.25, -0.2) is 15.0 Å². The number of nitrogens with zero attached hydrogens (tertiary/aromatic N) is 4. The normalized spacial score (nSPS) is 15.0. The molecule has 1 fully saturated rings. The monoisotopic (exact) mass is 387 g/mol. The first-order valence-corrected chi connectivity index (χ1v) is 9.63. The number of ether oxygens (including phenoxy) is 1. The van der Waals surface area contributed by atoms with Gasteiger partial charge in [-0.05, 0) is 29.3 Å². The molecule has 5 rings (SSSR count). The van der Waals surface area contributed by atoms with Gasteiger partial charge in [-0.2, -0.15) is 0 Å². The van der Waals surface area contributed by atoms with Gasteiger partial charge in [-0.15, -0.1) is 0 Å². The van der Waals surface area contributed by atoms with E-state index in [0.717, 1.165) is 44.0 Å². The number of morpholine rings is 1. The Labute approximate surface area is 168 Å². The lowest BCUT2D eigenvalue weighted by atomic mass is 10.0. The summed E-state index contributed by atoms with van der Waals surface area (Å²) in [7, 11) is 0. The van der Waals surface area contributed by atoms with Crippen molar-refractivity contribution in [2.75, 3.05) is 32.0 Å². The average molecular weight is 387 g/mol. The minimum atomic E-state index is 0.379. The fraction of sp³-hybridized carbons (Fsp3) is 0.227. The van der Waals surface area contributed by atoms with Crippen LogP contribution in [0.2, 0.25) is 0 Å². The zero-order chi connectivity index (χ0) is 19.6. The summed E-state index contributed by atoms with van der Waals surface area (Å²) < 4.78 is 11.2. The molecule has 7 nitrogen and oxygen atoms in total. The van der Waals surface area contributed by atoms with Crippen molar-refractivity contribution in [1.29, 1.82) is 0 Å². The van der Waals surface area contributed by atoms with E-state index in [-0.39, 0.29) is 0 Å². The zero-order valence-corrected chi connectivity index (χ0v) is 15.9. The largest absolute Gasteiger partial charge is 0.418 e. The summed E-state index contributed by atoms with van der Waals surface area (Å²) in [4.78, 5) is 15.4. The second-order valence-corrected chi connectivity index (χ2v) is 7.09. The van der Waals surface area contributed by atoms with Gasteiger partial charge in [0, 0.05) is 37.6 Å². The topological polar surface area (TPSA) is 90.3 Å². The minimum absolute atomic E-state index is 0.379. The Morgan fingerprint density at radius 1 is 1.00 bits per heavy atom. The number of hydrogen-bond donors (Lipinski definition) is 1. The first kappa shape index (κ1) is 17.8. The number of hydrogen-bond acceptors (Lipinski definition) is 7. The van der Waals surface area contributed by atoms with Crippen LogP contribution in [-0.4, -0.2) is 46.2 Å². The molecule has 146 valence electrons. The summed E-state index contributed by atoms with van der Waals surface area (Å²) in [5.41, 5.74) is 11.3. The number of anilines is 1. The van der Waals surface area contributed by atoms with Crippen molar-refractivity contribution in [2.24, 2.45) is 0 Å². The molecule has 0 atom stereocenters. The highest BCUT2D eigenvalue weighted by atomic mass is 16.5. The van der Waals surface area contributed by atoms with Crippen LogP contribution < -0.4 is 5.73 Å². The van der Waals surface area contributed by atoms with Gasteiger partial charge in [0.05, 0.1) is 18.8 Å². The van der Waals surface area contributed by atoms with E-state index in [4.69, 9.17) is 14.9 Å². The minimum Gasteiger partial charge on any atom is -0.418 e. The summed E-state index contributed by atoms with van der Waals surface area (Å²) in [5.74, 6) is 0.804. The molecule has 0 unspecified atom stereocenters. The SMILES string of the molecule is Nc1ncc(-c2ccc(CN3CCOCC3)cc2)cc1-c1nc2cccnc2o1. The first-order valence-electron chi connectivity index (χ1n) is 9.63. The lowest BCUT2D eigenvalue weighted by molar-refractivity contribution is 0.0342. The Kier molecular flexibility index (Phi) is 4.67. The molecule has 0 bridgehead atoms. The van der Waals surface area contributed by atoms with Gasteiger partial charge < -0.3 is 14.9 Å². The number of rotatable bonds is 4. The zero-order valence-electron chi connectivity index (χ0n) is 15.9. The van der Waals surface area contributed by atoms with Crippen molar-refractivity contribution in [2.45, 2.75) is 6.54 Å². The van der Waals surface area contributed by atoms with Crippen LogP contribution >= 0.6 is 0 Å². The maximum Gasteiger partial charge on any atom is 0.247 e. The number of nitrogen functional groups attached to an aromatic ring is 1. The molecule has 4 heterocycles. The van der Waals surface area contributed by atoms with Crippen molar-refractivity contribution in [3.05, 3.63) is 60.4 Å². The van der Waals surface area contributed by atoms with Crippen molar-refractivity contribution in [1.82, 2.24) is 19.9 Å². The molecule has 7 heteroatoms. The van der Waals surface area contributed by atoms with E-state index < -0.39 is 0 Å². The van der Waals surface area contributed by atoms with Gasteiger partial charge in [0.25, 0.3) is 0 Å². The number of fused-ring (bicyclic) bond motifs is 1. The second-order valence-electron chi connectivity index (χ2n) is 7.09. The van der Waals surface area contributed by atoms with Gasteiger partial charge in [0.2, 0.25) is 11.6 Å². The molecule has 1 saturated heterocycles. The summed E-state index contributed by atoms with van der Waals surface area (Å²) in [5, 5.41) is 0. The molecule has 2 N–H and O–H groups in total. The molecular weight excluding hydrogens is 366 g/mol. The fourth-order valence-corrected chi connectivity index (χ4v) is 3.51.